The lowest BCUT2D eigenvalue weighted by Gasteiger charge is -1.98. The molecule has 2 rings (SSSR count). The summed E-state index contributed by atoms with van der Waals surface area (Å²) >= 11 is 0. The molecule has 0 saturated heterocycles. The lowest BCUT2D eigenvalue weighted by Crippen LogP contribution is -1.81. The van der Waals surface area contributed by atoms with Crippen molar-refractivity contribution in [1.29, 1.82) is 10.5 Å². The summed E-state index contributed by atoms with van der Waals surface area (Å²) in [6.07, 6.45) is 4.39. The molecule has 3 nitrogen and oxygen atoms in total. The van der Waals surface area contributed by atoms with Crippen LogP contribution in [0.5, 0.6) is 0 Å². The Kier molecular flexibility index (Phi) is 2.94. The molecule has 1 N–H and O–H groups in total. The lowest BCUT2D eigenvalue weighted by molar-refractivity contribution is 1.15. The zero-order chi connectivity index (χ0) is 12.3. The summed E-state index contributed by atoms with van der Waals surface area (Å²) in [6, 6.07) is 9.79. The summed E-state index contributed by atoms with van der Waals surface area (Å²) in [5, 5.41) is 18.5. The van der Waals surface area contributed by atoms with Gasteiger partial charge in [0.2, 0.25) is 0 Å². The summed E-state index contributed by atoms with van der Waals surface area (Å²) in [5.41, 5.74) is 3.32. The summed E-state index contributed by atoms with van der Waals surface area (Å²) in [4.78, 5) is 3.20. The van der Waals surface area contributed by atoms with Gasteiger partial charge in [-0.2, -0.15) is 10.5 Å². The van der Waals surface area contributed by atoms with Gasteiger partial charge in [-0.25, -0.2) is 0 Å². The zero-order valence-corrected chi connectivity index (χ0v) is 9.49. The van der Waals surface area contributed by atoms with Crippen LogP contribution in [-0.2, 0) is 6.42 Å². The number of aromatic nitrogens is 1. The predicted octanol–water partition coefficient (Wildman–Crippen LogP) is 3.16. The van der Waals surface area contributed by atoms with Gasteiger partial charge >= 0.3 is 0 Å². The van der Waals surface area contributed by atoms with E-state index in [4.69, 9.17) is 10.5 Å². The average molecular weight is 221 g/mol. The number of aryl methyl sites for hydroxylation is 1. The molecule has 0 saturated carbocycles. The van der Waals surface area contributed by atoms with E-state index in [1.807, 2.05) is 30.5 Å². The Bertz CT molecular complexity index is 647. The van der Waals surface area contributed by atoms with Crippen molar-refractivity contribution in [1.82, 2.24) is 4.98 Å². The number of para-hydroxylation sites is 1. The Morgan fingerprint density at radius 3 is 2.76 bits per heavy atom. The van der Waals surface area contributed by atoms with Crippen LogP contribution in [0.4, 0.5) is 0 Å². The molecule has 0 spiro atoms. The van der Waals surface area contributed by atoms with Gasteiger partial charge in [0.25, 0.3) is 0 Å². The summed E-state index contributed by atoms with van der Waals surface area (Å²) in [7, 11) is 0. The number of aromatic amines is 1. The van der Waals surface area contributed by atoms with Crippen LogP contribution in [0.1, 0.15) is 18.1 Å². The molecule has 0 aliphatic carbocycles. The molecule has 1 heterocycles. The first-order chi connectivity index (χ1) is 8.30. The smallest absolute Gasteiger partial charge is 0.130 e. The van der Waals surface area contributed by atoms with E-state index in [0.717, 1.165) is 22.9 Å². The molecule has 0 aliphatic rings. The number of H-pyrrole nitrogens is 1. The van der Waals surface area contributed by atoms with Crippen LogP contribution < -0.4 is 0 Å². The van der Waals surface area contributed by atoms with E-state index in [-0.39, 0.29) is 5.57 Å². The summed E-state index contributed by atoms with van der Waals surface area (Å²) < 4.78 is 0. The van der Waals surface area contributed by atoms with Crippen molar-refractivity contribution in [3.63, 3.8) is 0 Å². The van der Waals surface area contributed by atoms with Crippen molar-refractivity contribution in [2.75, 3.05) is 0 Å². The molecule has 82 valence electrons. The Labute approximate surface area is 99.6 Å². The SMILES string of the molecule is CCc1cccc2c(C=C(C#N)C#N)c[nH]c12. The first-order valence-corrected chi connectivity index (χ1v) is 5.41. The van der Waals surface area contributed by atoms with Crippen LogP contribution in [0.15, 0.2) is 30.0 Å². The van der Waals surface area contributed by atoms with Crippen LogP contribution in [0.25, 0.3) is 17.0 Å². The third kappa shape index (κ3) is 1.91. The number of hydrogen-bond donors (Lipinski definition) is 1. The fourth-order valence-corrected chi connectivity index (χ4v) is 1.90. The number of nitriles is 2. The van der Waals surface area contributed by atoms with Gasteiger partial charge in [0.15, 0.2) is 0 Å². The quantitative estimate of drug-likeness (QED) is 0.791. The second kappa shape index (κ2) is 4.55. The number of benzene rings is 1. The molecule has 0 unspecified atom stereocenters. The zero-order valence-electron chi connectivity index (χ0n) is 9.49. The maximum Gasteiger partial charge on any atom is 0.130 e. The molecule has 0 fully saturated rings. The van der Waals surface area contributed by atoms with E-state index in [1.165, 1.54) is 5.56 Å². The number of hydrogen-bond acceptors (Lipinski definition) is 2. The molecule has 0 atom stereocenters. The van der Waals surface area contributed by atoms with Gasteiger partial charge in [-0.05, 0) is 18.1 Å². The Morgan fingerprint density at radius 1 is 1.35 bits per heavy atom. The van der Waals surface area contributed by atoms with Gasteiger partial charge in [0.05, 0.1) is 0 Å². The fraction of sp³-hybridized carbons (Fsp3) is 0.143. The third-order valence-electron chi connectivity index (χ3n) is 2.76. The minimum atomic E-state index is 0.118. The molecule has 0 aliphatic heterocycles. The normalized spacial score (nSPS) is 9.59. The fourth-order valence-electron chi connectivity index (χ4n) is 1.90. The number of nitrogens with one attached hydrogen (secondary N) is 1. The number of rotatable bonds is 2. The first-order valence-electron chi connectivity index (χ1n) is 5.41. The largest absolute Gasteiger partial charge is 0.360 e. The molecule has 1 aromatic carbocycles. The highest BCUT2D eigenvalue weighted by Gasteiger charge is 2.05. The van der Waals surface area contributed by atoms with E-state index in [1.54, 1.807) is 6.08 Å². The Morgan fingerprint density at radius 2 is 2.12 bits per heavy atom. The minimum absolute atomic E-state index is 0.118. The van der Waals surface area contributed by atoms with Gasteiger partial charge in [-0.3, -0.25) is 0 Å². The maximum absolute atomic E-state index is 8.75. The summed E-state index contributed by atoms with van der Waals surface area (Å²) in [5.74, 6) is 0. The van der Waals surface area contributed by atoms with Crippen molar-refractivity contribution in [2.24, 2.45) is 0 Å². The molecule has 0 amide bonds. The highest BCUT2D eigenvalue weighted by Crippen LogP contribution is 2.23. The van der Waals surface area contributed by atoms with Crippen molar-refractivity contribution >= 4 is 17.0 Å². The predicted molar refractivity (Wildman–Crippen MR) is 66.9 cm³/mol. The van der Waals surface area contributed by atoms with Gasteiger partial charge in [0, 0.05) is 22.7 Å². The molecule has 0 bridgehead atoms. The Hall–Kier alpha value is -2.52. The van der Waals surface area contributed by atoms with Gasteiger partial charge in [-0.1, -0.05) is 25.1 Å². The molecule has 1 aromatic heterocycles. The molecule has 3 heteroatoms. The number of fused-ring (bicyclic) bond motifs is 1. The van der Waals surface area contributed by atoms with E-state index in [9.17, 15) is 0 Å². The van der Waals surface area contributed by atoms with Crippen LogP contribution in [0.2, 0.25) is 0 Å². The second-order valence-corrected chi connectivity index (χ2v) is 3.72. The van der Waals surface area contributed by atoms with Crippen LogP contribution in [0.3, 0.4) is 0 Å². The summed E-state index contributed by atoms with van der Waals surface area (Å²) in [6.45, 7) is 2.10. The van der Waals surface area contributed by atoms with Gasteiger partial charge in [0.1, 0.15) is 17.7 Å². The molecule has 17 heavy (non-hydrogen) atoms. The van der Waals surface area contributed by atoms with Gasteiger partial charge in [-0.15, -0.1) is 0 Å². The minimum Gasteiger partial charge on any atom is -0.360 e. The van der Waals surface area contributed by atoms with E-state index < -0.39 is 0 Å². The van der Waals surface area contributed by atoms with Crippen molar-refractivity contribution in [2.45, 2.75) is 13.3 Å². The second-order valence-electron chi connectivity index (χ2n) is 3.72. The van der Waals surface area contributed by atoms with Crippen LogP contribution in [-0.4, -0.2) is 4.98 Å². The maximum atomic E-state index is 8.75. The molecular weight excluding hydrogens is 210 g/mol. The topological polar surface area (TPSA) is 63.4 Å². The Balaban J connectivity index is 2.64. The standard InChI is InChI=1S/C14H11N3/c1-2-11-4-3-5-13-12(9-17-14(11)13)6-10(7-15)8-16/h3-6,9,17H,2H2,1H3. The lowest BCUT2D eigenvalue weighted by atomic mass is 10.1. The van der Waals surface area contributed by atoms with Gasteiger partial charge < -0.3 is 4.98 Å². The monoisotopic (exact) mass is 221 g/mol. The van der Waals surface area contributed by atoms with Crippen molar-refractivity contribution in [3.8, 4) is 12.1 Å². The number of nitrogens with zero attached hydrogens (tertiary/aromatic N) is 2. The van der Waals surface area contributed by atoms with Crippen LogP contribution >= 0.6 is 0 Å². The third-order valence-corrected chi connectivity index (χ3v) is 2.76. The average Bonchev–Trinajstić information content (AvgIpc) is 2.79. The van der Waals surface area contributed by atoms with Crippen molar-refractivity contribution < 1.29 is 0 Å². The molecular formula is C14H11N3. The van der Waals surface area contributed by atoms with Crippen LogP contribution in [0, 0.1) is 22.7 Å². The highest BCUT2D eigenvalue weighted by molar-refractivity contribution is 5.92. The molecule has 2 aromatic rings. The van der Waals surface area contributed by atoms with E-state index in [0.29, 0.717) is 0 Å². The number of allylic oxidation sites excluding steroid dienone is 1. The molecule has 0 radical (unpaired) electrons. The van der Waals surface area contributed by atoms with E-state index in [2.05, 4.69) is 18.0 Å². The van der Waals surface area contributed by atoms with E-state index >= 15 is 0 Å². The van der Waals surface area contributed by atoms with Crippen molar-refractivity contribution in [3.05, 3.63) is 41.1 Å². The highest BCUT2D eigenvalue weighted by atomic mass is 14.7. The first kappa shape index (κ1) is 11.0.